The Morgan fingerprint density at radius 2 is 2.11 bits per heavy atom. The SMILES string of the molecule is Cc1cccc(Nc2nc(-c3nonc3C)cs2)c1. The summed E-state index contributed by atoms with van der Waals surface area (Å²) >= 11 is 1.53. The van der Waals surface area contributed by atoms with Crippen LogP contribution in [-0.4, -0.2) is 15.3 Å². The first-order valence-electron chi connectivity index (χ1n) is 5.81. The first kappa shape index (κ1) is 11.9. The van der Waals surface area contributed by atoms with Gasteiger partial charge in [-0.15, -0.1) is 11.3 Å². The molecule has 0 radical (unpaired) electrons. The molecule has 0 aliphatic heterocycles. The number of hydrogen-bond acceptors (Lipinski definition) is 6. The Kier molecular flexibility index (Phi) is 3.00. The first-order chi connectivity index (χ1) is 9.22. The third-order valence-corrected chi connectivity index (χ3v) is 3.43. The van der Waals surface area contributed by atoms with Crippen LogP contribution in [-0.2, 0) is 0 Å². The van der Waals surface area contributed by atoms with E-state index in [4.69, 9.17) is 0 Å². The van der Waals surface area contributed by atoms with Crippen LogP contribution < -0.4 is 5.32 Å². The predicted molar refractivity (Wildman–Crippen MR) is 74.6 cm³/mol. The number of nitrogens with zero attached hydrogens (tertiary/aromatic N) is 3. The van der Waals surface area contributed by atoms with Crippen LogP contribution in [0.15, 0.2) is 34.3 Å². The molecule has 1 aromatic carbocycles. The van der Waals surface area contributed by atoms with Crippen molar-refractivity contribution in [1.82, 2.24) is 15.3 Å². The van der Waals surface area contributed by atoms with E-state index in [0.717, 1.165) is 22.2 Å². The molecule has 2 aromatic heterocycles. The van der Waals surface area contributed by atoms with E-state index in [1.807, 2.05) is 24.4 Å². The summed E-state index contributed by atoms with van der Waals surface area (Å²) < 4.78 is 4.69. The molecule has 6 heteroatoms. The Balaban J connectivity index is 1.84. The van der Waals surface area contributed by atoms with Gasteiger partial charge in [0.1, 0.15) is 11.4 Å². The zero-order valence-electron chi connectivity index (χ0n) is 10.5. The van der Waals surface area contributed by atoms with Crippen molar-refractivity contribution in [2.75, 3.05) is 5.32 Å². The number of nitrogens with one attached hydrogen (secondary N) is 1. The number of aryl methyl sites for hydroxylation is 2. The van der Waals surface area contributed by atoms with Crippen LogP contribution >= 0.6 is 11.3 Å². The van der Waals surface area contributed by atoms with Gasteiger partial charge < -0.3 is 5.32 Å². The van der Waals surface area contributed by atoms with Gasteiger partial charge in [-0.2, -0.15) is 0 Å². The van der Waals surface area contributed by atoms with Gasteiger partial charge in [-0.05, 0) is 36.7 Å². The highest BCUT2D eigenvalue weighted by Crippen LogP contribution is 2.27. The van der Waals surface area contributed by atoms with E-state index in [-0.39, 0.29) is 0 Å². The molecule has 0 spiro atoms. The van der Waals surface area contributed by atoms with E-state index in [2.05, 4.69) is 44.3 Å². The lowest BCUT2D eigenvalue weighted by atomic mass is 10.2. The fourth-order valence-electron chi connectivity index (χ4n) is 1.75. The minimum Gasteiger partial charge on any atom is -0.332 e. The number of aromatic nitrogens is 3. The third kappa shape index (κ3) is 2.48. The lowest BCUT2D eigenvalue weighted by Gasteiger charge is -2.02. The molecule has 0 aliphatic carbocycles. The van der Waals surface area contributed by atoms with Crippen LogP contribution in [0.2, 0.25) is 0 Å². The maximum absolute atomic E-state index is 4.69. The number of thiazole rings is 1. The quantitative estimate of drug-likeness (QED) is 0.789. The molecular formula is C13H12N4OS. The molecule has 3 aromatic rings. The summed E-state index contributed by atoms with van der Waals surface area (Å²) in [6.07, 6.45) is 0. The van der Waals surface area contributed by atoms with E-state index < -0.39 is 0 Å². The highest BCUT2D eigenvalue weighted by Gasteiger charge is 2.12. The Bertz CT molecular complexity index is 704. The highest BCUT2D eigenvalue weighted by atomic mass is 32.1. The van der Waals surface area contributed by atoms with E-state index >= 15 is 0 Å². The lowest BCUT2D eigenvalue weighted by molar-refractivity contribution is 0.306. The first-order valence-corrected chi connectivity index (χ1v) is 6.69. The minimum atomic E-state index is 0.688. The summed E-state index contributed by atoms with van der Waals surface area (Å²) in [6.45, 7) is 3.90. The summed E-state index contributed by atoms with van der Waals surface area (Å²) in [5, 5.41) is 13.6. The standard InChI is InChI=1S/C13H12N4OS/c1-8-4-3-5-10(6-8)14-13-15-11(7-19-13)12-9(2)16-18-17-12/h3-7H,1-2H3,(H,14,15). The van der Waals surface area contributed by atoms with Gasteiger partial charge in [-0.1, -0.05) is 17.3 Å². The van der Waals surface area contributed by atoms with Crippen molar-refractivity contribution in [3.05, 3.63) is 40.9 Å². The molecule has 0 amide bonds. The van der Waals surface area contributed by atoms with Crippen LogP contribution in [0.3, 0.4) is 0 Å². The molecule has 3 rings (SSSR count). The van der Waals surface area contributed by atoms with Crippen molar-refractivity contribution in [2.24, 2.45) is 0 Å². The van der Waals surface area contributed by atoms with Gasteiger partial charge >= 0.3 is 0 Å². The fraction of sp³-hybridized carbons (Fsp3) is 0.154. The van der Waals surface area contributed by atoms with Crippen LogP contribution in [0, 0.1) is 13.8 Å². The Hall–Kier alpha value is -2.21. The number of hydrogen-bond donors (Lipinski definition) is 1. The van der Waals surface area contributed by atoms with Gasteiger partial charge in [0.25, 0.3) is 0 Å². The van der Waals surface area contributed by atoms with Crippen molar-refractivity contribution >= 4 is 22.2 Å². The Morgan fingerprint density at radius 1 is 1.21 bits per heavy atom. The zero-order chi connectivity index (χ0) is 13.2. The van der Waals surface area contributed by atoms with Crippen LogP contribution in [0.5, 0.6) is 0 Å². The molecule has 0 saturated heterocycles. The molecular weight excluding hydrogens is 260 g/mol. The number of anilines is 2. The van der Waals surface area contributed by atoms with E-state index in [0.29, 0.717) is 5.69 Å². The molecule has 1 N–H and O–H groups in total. The van der Waals surface area contributed by atoms with Gasteiger partial charge in [-0.25, -0.2) is 9.61 Å². The van der Waals surface area contributed by atoms with E-state index in [1.165, 1.54) is 16.9 Å². The van der Waals surface area contributed by atoms with Crippen molar-refractivity contribution in [3.8, 4) is 11.4 Å². The molecule has 0 atom stereocenters. The molecule has 0 aliphatic rings. The predicted octanol–water partition coefficient (Wildman–Crippen LogP) is 3.55. The lowest BCUT2D eigenvalue weighted by Crippen LogP contribution is -1.90. The molecule has 0 bridgehead atoms. The molecule has 0 fully saturated rings. The van der Waals surface area contributed by atoms with Gasteiger partial charge in [0, 0.05) is 11.1 Å². The molecule has 0 unspecified atom stereocenters. The van der Waals surface area contributed by atoms with Crippen molar-refractivity contribution in [1.29, 1.82) is 0 Å². The normalized spacial score (nSPS) is 10.6. The van der Waals surface area contributed by atoms with Gasteiger partial charge in [0.05, 0.1) is 0 Å². The number of rotatable bonds is 3. The zero-order valence-corrected chi connectivity index (χ0v) is 11.4. The maximum Gasteiger partial charge on any atom is 0.187 e. The summed E-state index contributed by atoms with van der Waals surface area (Å²) in [6, 6.07) is 8.15. The topological polar surface area (TPSA) is 63.8 Å². The molecule has 2 heterocycles. The minimum absolute atomic E-state index is 0.688. The van der Waals surface area contributed by atoms with E-state index in [1.54, 1.807) is 0 Å². The molecule has 96 valence electrons. The average Bonchev–Trinajstić information content (AvgIpc) is 2.98. The summed E-state index contributed by atoms with van der Waals surface area (Å²) in [4.78, 5) is 4.48. The van der Waals surface area contributed by atoms with Crippen molar-refractivity contribution < 1.29 is 4.63 Å². The molecule has 5 nitrogen and oxygen atoms in total. The van der Waals surface area contributed by atoms with Crippen molar-refractivity contribution in [3.63, 3.8) is 0 Å². The monoisotopic (exact) mass is 272 g/mol. The maximum atomic E-state index is 4.69. The fourth-order valence-corrected chi connectivity index (χ4v) is 2.47. The van der Waals surface area contributed by atoms with Gasteiger partial charge in [0.15, 0.2) is 10.8 Å². The Morgan fingerprint density at radius 3 is 2.84 bits per heavy atom. The molecule has 19 heavy (non-hydrogen) atoms. The second kappa shape index (κ2) is 4.81. The summed E-state index contributed by atoms with van der Waals surface area (Å²) in [5.74, 6) is 0. The van der Waals surface area contributed by atoms with Crippen LogP contribution in [0.1, 0.15) is 11.3 Å². The number of benzene rings is 1. The Labute approximate surface area is 114 Å². The average molecular weight is 272 g/mol. The van der Waals surface area contributed by atoms with Crippen LogP contribution in [0.25, 0.3) is 11.4 Å². The second-order valence-electron chi connectivity index (χ2n) is 4.23. The molecule has 0 saturated carbocycles. The third-order valence-electron chi connectivity index (χ3n) is 2.67. The van der Waals surface area contributed by atoms with Gasteiger partial charge in [-0.3, -0.25) is 0 Å². The highest BCUT2D eigenvalue weighted by molar-refractivity contribution is 7.14. The smallest absolute Gasteiger partial charge is 0.187 e. The van der Waals surface area contributed by atoms with Crippen LogP contribution in [0.4, 0.5) is 10.8 Å². The van der Waals surface area contributed by atoms with E-state index in [9.17, 15) is 0 Å². The van der Waals surface area contributed by atoms with Gasteiger partial charge in [0.2, 0.25) is 0 Å². The second-order valence-corrected chi connectivity index (χ2v) is 5.09. The summed E-state index contributed by atoms with van der Waals surface area (Å²) in [7, 11) is 0. The largest absolute Gasteiger partial charge is 0.332 e. The summed E-state index contributed by atoms with van der Waals surface area (Å²) in [5.41, 5.74) is 4.44. The van der Waals surface area contributed by atoms with Crippen molar-refractivity contribution in [2.45, 2.75) is 13.8 Å².